The predicted molar refractivity (Wildman–Crippen MR) is 84.9 cm³/mol. The summed E-state index contributed by atoms with van der Waals surface area (Å²) >= 11 is 0. The number of ether oxygens (including phenoxy) is 1. The number of hydrogen-bond donors (Lipinski definition) is 2. The second-order valence-corrected chi connectivity index (χ2v) is 7.52. The molecule has 0 fully saturated rings. The first-order chi connectivity index (χ1) is 9.33. The third-order valence-corrected chi connectivity index (χ3v) is 3.89. The van der Waals surface area contributed by atoms with Crippen LogP contribution in [-0.4, -0.2) is 36.6 Å². The summed E-state index contributed by atoms with van der Waals surface area (Å²) in [7, 11) is 0. The summed E-state index contributed by atoms with van der Waals surface area (Å²) in [4.78, 5) is 0. The average Bonchev–Trinajstić information content (AvgIpc) is 2.41. The Labute approximate surface area is 125 Å². The van der Waals surface area contributed by atoms with E-state index in [0.717, 1.165) is 45.3 Å². The van der Waals surface area contributed by atoms with Crippen LogP contribution in [0.1, 0.15) is 72.6 Å². The molecule has 0 radical (unpaired) electrons. The van der Waals surface area contributed by atoms with Gasteiger partial charge in [0.2, 0.25) is 0 Å². The zero-order valence-corrected chi connectivity index (χ0v) is 14.1. The Bertz CT molecular complexity index is 200. The van der Waals surface area contributed by atoms with Crippen LogP contribution in [0.3, 0.4) is 0 Å². The van der Waals surface area contributed by atoms with Crippen molar-refractivity contribution in [1.29, 1.82) is 0 Å². The molecule has 0 atom stereocenters. The first-order valence-electron chi connectivity index (χ1n) is 8.12. The summed E-state index contributed by atoms with van der Waals surface area (Å²) in [5, 5.41) is 18.3. The van der Waals surface area contributed by atoms with Crippen molar-refractivity contribution in [3.63, 3.8) is 0 Å². The van der Waals surface area contributed by atoms with Crippen molar-refractivity contribution in [3.8, 4) is 0 Å². The Morgan fingerprint density at radius 2 is 1.05 bits per heavy atom. The lowest BCUT2D eigenvalue weighted by Crippen LogP contribution is -2.16. The van der Waals surface area contributed by atoms with Crippen LogP contribution >= 0.6 is 0 Å². The van der Waals surface area contributed by atoms with E-state index in [1.54, 1.807) is 0 Å². The van der Waals surface area contributed by atoms with Crippen molar-refractivity contribution in [2.24, 2.45) is 10.8 Å². The topological polar surface area (TPSA) is 49.7 Å². The number of aliphatic hydroxyl groups excluding tert-OH is 2. The maximum Gasteiger partial charge on any atom is 0.0482 e. The second-order valence-electron chi connectivity index (χ2n) is 7.52. The zero-order valence-electron chi connectivity index (χ0n) is 14.1. The second kappa shape index (κ2) is 10.6. The lowest BCUT2D eigenvalue weighted by molar-refractivity contribution is 0.112. The van der Waals surface area contributed by atoms with Gasteiger partial charge in [-0.05, 0) is 36.5 Å². The van der Waals surface area contributed by atoms with Crippen LogP contribution in [0.2, 0.25) is 0 Å². The molecule has 122 valence electrons. The van der Waals surface area contributed by atoms with Crippen LogP contribution in [0.15, 0.2) is 0 Å². The molecule has 0 aromatic rings. The van der Waals surface area contributed by atoms with Gasteiger partial charge in [0.1, 0.15) is 0 Å². The molecule has 0 bridgehead atoms. The molecular weight excluding hydrogens is 252 g/mol. The third-order valence-electron chi connectivity index (χ3n) is 3.89. The largest absolute Gasteiger partial charge is 0.396 e. The monoisotopic (exact) mass is 288 g/mol. The van der Waals surface area contributed by atoms with E-state index >= 15 is 0 Å². The Hall–Kier alpha value is -0.120. The highest BCUT2D eigenvalue weighted by Gasteiger charge is 2.15. The van der Waals surface area contributed by atoms with Crippen LogP contribution in [0, 0.1) is 10.8 Å². The number of hydrogen-bond acceptors (Lipinski definition) is 3. The van der Waals surface area contributed by atoms with Gasteiger partial charge in [0.05, 0.1) is 0 Å². The summed E-state index contributed by atoms with van der Waals surface area (Å²) in [5.41, 5.74) is 0.125. The van der Waals surface area contributed by atoms with Gasteiger partial charge in [-0.1, -0.05) is 47.0 Å². The van der Waals surface area contributed by atoms with E-state index in [4.69, 9.17) is 14.9 Å². The van der Waals surface area contributed by atoms with Gasteiger partial charge in [0.15, 0.2) is 0 Å². The first-order valence-corrected chi connectivity index (χ1v) is 8.12. The van der Waals surface area contributed by atoms with E-state index < -0.39 is 0 Å². The molecule has 0 saturated heterocycles. The molecule has 0 saturated carbocycles. The zero-order chi connectivity index (χ0) is 15.5. The highest BCUT2D eigenvalue weighted by atomic mass is 16.5. The first kappa shape index (κ1) is 19.9. The highest BCUT2D eigenvalue weighted by Crippen LogP contribution is 2.23. The molecular formula is C17H36O3. The summed E-state index contributed by atoms with van der Waals surface area (Å²) in [5.74, 6) is 0. The minimum atomic E-state index is 0.0551. The van der Waals surface area contributed by atoms with Crippen molar-refractivity contribution < 1.29 is 14.9 Å². The lowest BCUT2D eigenvalue weighted by atomic mass is 9.88. The van der Waals surface area contributed by atoms with Crippen molar-refractivity contribution in [2.75, 3.05) is 26.4 Å². The molecule has 0 aliphatic carbocycles. The van der Waals surface area contributed by atoms with Crippen LogP contribution in [-0.2, 0) is 4.74 Å². The van der Waals surface area contributed by atoms with E-state index in [1.807, 2.05) is 0 Å². The average molecular weight is 288 g/mol. The van der Waals surface area contributed by atoms with Gasteiger partial charge in [-0.15, -0.1) is 0 Å². The number of unbranched alkanes of at least 4 members (excludes halogenated alkanes) is 3. The van der Waals surface area contributed by atoms with Crippen LogP contribution in [0.5, 0.6) is 0 Å². The molecule has 2 N–H and O–H groups in total. The maximum atomic E-state index is 9.15. The maximum absolute atomic E-state index is 9.15. The fourth-order valence-electron chi connectivity index (χ4n) is 2.05. The van der Waals surface area contributed by atoms with Crippen LogP contribution in [0.4, 0.5) is 0 Å². The molecule has 0 unspecified atom stereocenters. The van der Waals surface area contributed by atoms with Gasteiger partial charge >= 0.3 is 0 Å². The molecule has 3 heteroatoms. The number of aliphatic hydroxyl groups is 2. The minimum Gasteiger partial charge on any atom is -0.396 e. The molecule has 0 amide bonds. The Morgan fingerprint density at radius 1 is 0.650 bits per heavy atom. The summed E-state index contributed by atoms with van der Waals surface area (Å²) < 4.78 is 5.63. The van der Waals surface area contributed by atoms with Crippen LogP contribution < -0.4 is 0 Å². The molecule has 0 heterocycles. The van der Waals surface area contributed by atoms with E-state index in [1.165, 1.54) is 12.8 Å². The molecule has 0 aliphatic heterocycles. The number of rotatable bonds is 13. The van der Waals surface area contributed by atoms with Gasteiger partial charge in [-0.2, -0.15) is 0 Å². The predicted octanol–water partition coefficient (Wildman–Crippen LogP) is 3.77. The highest BCUT2D eigenvalue weighted by molar-refractivity contribution is 4.67. The Balaban J connectivity index is 3.26. The Kier molecular flexibility index (Phi) is 10.5. The molecule has 3 nitrogen and oxygen atoms in total. The van der Waals surface area contributed by atoms with E-state index in [9.17, 15) is 0 Å². The normalized spacial score (nSPS) is 12.9. The van der Waals surface area contributed by atoms with Gasteiger partial charge in [0, 0.05) is 26.4 Å². The van der Waals surface area contributed by atoms with Crippen LogP contribution in [0.25, 0.3) is 0 Å². The molecule has 0 spiro atoms. The van der Waals surface area contributed by atoms with Gasteiger partial charge in [-0.25, -0.2) is 0 Å². The van der Waals surface area contributed by atoms with Gasteiger partial charge in [-0.3, -0.25) is 0 Å². The minimum absolute atomic E-state index is 0.0551. The van der Waals surface area contributed by atoms with E-state index in [0.29, 0.717) is 0 Å². The fraction of sp³-hybridized carbons (Fsp3) is 1.00. The molecule has 0 aliphatic rings. The Morgan fingerprint density at radius 3 is 1.50 bits per heavy atom. The molecule has 20 heavy (non-hydrogen) atoms. The molecule has 0 aromatic carbocycles. The van der Waals surface area contributed by atoms with E-state index in [2.05, 4.69) is 27.7 Å². The van der Waals surface area contributed by atoms with E-state index in [-0.39, 0.29) is 24.0 Å². The van der Waals surface area contributed by atoms with Gasteiger partial charge < -0.3 is 14.9 Å². The molecule has 0 aromatic heterocycles. The standard InChI is InChI=1S/C17H36O3/c1-16(2,14-18)10-6-5-8-12-20-13-9-7-11-17(3,4)15-19/h18-19H,5-15H2,1-4H3. The lowest BCUT2D eigenvalue weighted by Gasteiger charge is -2.21. The SMILES string of the molecule is CC(C)(CO)CCCCCOCCCCC(C)(C)CO. The van der Waals surface area contributed by atoms with Crippen molar-refractivity contribution in [3.05, 3.63) is 0 Å². The van der Waals surface area contributed by atoms with Gasteiger partial charge in [0.25, 0.3) is 0 Å². The summed E-state index contributed by atoms with van der Waals surface area (Å²) in [6.45, 7) is 10.6. The smallest absolute Gasteiger partial charge is 0.0482 e. The van der Waals surface area contributed by atoms with Crippen molar-refractivity contribution in [2.45, 2.75) is 72.6 Å². The summed E-state index contributed by atoms with van der Waals surface area (Å²) in [6, 6.07) is 0. The fourth-order valence-corrected chi connectivity index (χ4v) is 2.05. The summed E-state index contributed by atoms with van der Waals surface area (Å²) in [6.07, 6.45) is 7.81. The third kappa shape index (κ3) is 11.7. The van der Waals surface area contributed by atoms with Crippen molar-refractivity contribution >= 4 is 0 Å². The quantitative estimate of drug-likeness (QED) is 0.507. The molecule has 0 rings (SSSR count). The van der Waals surface area contributed by atoms with Crippen molar-refractivity contribution in [1.82, 2.24) is 0 Å².